The highest BCUT2D eigenvalue weighted by Gasteiger charge is 2.13. The van der Waals surface area contributed by atoms with E-state index in [0.29, 0.717) is 27.8 Å². The van der Waals surface area contributed by atoms with Crippen molar-refractivity contribution in [1.29, 1.82) is 0 Å². The molecular weight excluding hydrogens is 384 g/mol. The summed E-state index contributed by atoms with van der Waals surface area (Å²) in [6, 6.07) is 21.9. The van der Waals surface area contributed by atoms with Crippen LogP contribution >= 0.6 is 11.8 Å². The van der Waals surface area contributed by atoms with E-state index < -0.39 is 0 Å². The molecule has 0 saturated carbocycles. The van der Waals surface area contributed by atoms with Crippen LogP contribution in [0, 0.1) is 0 Å². The van der Waals surface area contributed by atoms with Gasteiger partial charge in [0.15, 0.2) is 11.4 Å². The van der Waals surface area contributed by atoms with Gasteiger partial charge in [-0.1, -0.05) is 42.1 Å². The lowest BCUT2D eigenvalue weighted by molar-refractivity contribution is 0.101. The third-order valence-electron chi connectivity index (χ3n) is 4.44. The van der Waals surface area contributed by atoms with E-state index in [1.807, 2.05) is 42.5 Å². The SMILES string of the molecule is CC(=O)c1ccc(NC(=O)c2ccccc2CSc2nc3ccccc3o2)cc1. The van der Waals surface area contributed by atoms with E-state index >= 15 is 0 Å². The first-order valence-corrected chi connectivity index (χ1v) is 10.1. The van der Waals surface area contributed by atoms with E-state index in [9.17, 15) is 9.59 Å². The Morgan fingerprint density at radius 3 is 2.45 bits per heavy atom. The number of rotatable bonds is 6. The average Bonchev–Trinajstić information content (AvgIpc) is 3.16. The first kappa shape index (κ1) is 19.0. The fourth-order valence-corrected chi connectivity index (χ4v) is 3.75. The average molecular weight is 402 g/mol. The highest BCUT2D eigenvalue weighted by molar-refractivity contribution is 7.98. The van der Waals surface area contributed by atoms with Crippen molar-refractivity contribution in [1.82, 2.24) is 4.98 Å². The molecule has 5 nitrogen and oxygen atoms in total. The topological polar surface area (TPSA) is 72.2 Å². The maximum atomic E-state index is 12.8. The van der Waals surface area contributed by atoms with Gasteiger partial charge in [-0.15, -0.1) is 0 Å². The minimum absolute atomic E-state index is 0.00977. The van der Waals surface area contributed by atoms with Crippen LogP contribution < -0.4 is 5.32 Å². The summed E-state index contributed by atoms with van der Waals surface area (Å²) < 4.78 is 5.74. The number of hydrogen-bond acceptors (Lipinski definition) is 5. The third kappa shape index (κ3) is 4.38. The molecule has 1 heterocycles. The highest BCUT2D eigenvalue weighted by Crippen LogP contribution is 2.27. The minimum Gasteiger partial charge on any atom is -0.431 e. The Bertz CT molecular complexity index is 1150. The summed E-state index contributed by atoms with van der Waals surface area (Å²) in [7, 11) is 0. The highest BCUT2D eigenvalue weighted by atomic mass is 32.2. The van der Waals surface area contributed by atoms with Crippen molar-refractivity contribution in [3.8, 4) is 0 Å². The molecule has 0 aliphatic rings. The molecule has 6 heteroatoms. The summed E-state index contributed by atoms with van der Waals surface area (Å²) in [6.07, 6.45) is 0. The van der Waals surface area contributed by atoms with Crippen LogP contribution in [-0.4, -0.2) is 16.7 Å². The molecule has 0 aliphatic carbocycles. The quantitative estimate of drug-likeness (QED) is 0.337. The van der Waals surface area contributed by atoms with Crippen molar-refractivity contribution < 1.29 is 14.0 Å². The van der Waals surface area contributed by atoms with E-state index in [2.05, 4.69) is 10.3 Å². The number of carbonyl (C=O) groups is 2. The van der Waals surface area contributed by atoms with Crippen molar-refractivity contribution >= 4 is 40.2 Å². The van der Waals surface area contributed by atoms with Gasteiger partial charge >= 0.3 is 0 Å². The van der Waals surface area contributed by atoms with Gasteiger partial charge in [0, 0.05) is 22.6 Å². The molecule has 1 amide bonds. The molecule has 4 rings (SSSR count). The van der Waals surface area contributed by atoms with Crippen molar-refractivity contribution in [2.45, 2.75) is 17.9 Å². The van der Waals surface area contributed by atoms with Crippen molar-refractivity contribution in [3.05, 3.63) is 89.5 Å². The van der Waals surface area contributed by atoms with Crippen LogP contribution in [0.15, 0.2) is 82.4 Å². The molecule has 0 atom stereocenters. The summed E-state index contributed by atoms with van der Waals surface area (Å²) >= 11 is 1.45. The number of carbonyl (C=O) groups excluding carboxylic acids is 2. The van der Waals surface area contributed by atoms with Gasteiger partial charge in [-0.25, -0.2) is 4.98 Å². The second kappa shape index (κ2) is 8.32. The van der Waals surface area contributed by atoms with E-state index in [0.717, 1.165) is 16.7 Å². The molecule has 1 aromatic heterocycles. The molecule has 0 spiro atoms. The molecule has 0 radical (unpaired) electrons. The molecule has 29 heavy (non-hydrogen) atoms. The minimum atomic E-state index is -0.200. The summed E-state index contributed by atoms with van der Waals surface area (Å²) in [5, 5.41) is 3.46. The molecule has 0 saturated heterocycles. The molecule has 0 fully saturated rings. The first-order chi connectivity index (χ1) is 14.1. The second-order valence-corrected chi connectivity index (χ2v) is 7.41. The Morgan fingerprint density at radius 2 is 1.69 bits per heavy atom. The zero-order valence-electron chi connectivity index (χ0n) is 15.7. The van der Waals surface area contributed by atoms with E-state index in [1.54, 1.807) is 30.3 Å². The number of aromatic nitrogens is 1. The van der Waals surface area contributed by atoms with Crippen molar-refractivity contribution in [3.63, 3.8) is 0 Å². The van der Waals surface area contributed by atoms with Gasteiger partial charge in [0.25, 0.3) is 11.1 Å². The van der Waals surface area contributed by atoms with Crippen LogP contribution in [0.25, 0.3) is 11.1 Å². The molecule has 4 aromatic rings. The fourth-order valence-electron chi connectivity index (χ4n) is 2.91. The summed E-state index contributed by atoms with van der Waals surface area (Å²) in [5.74, 6) is 0.346. The Morgan fingerprint density at radius 1 is 0.966 bits per heavy atom. The van der Waals surface area contributed by atoms with E-state index in [1.165, 1.54) is 18.7 Å². The largest absolute Gasteiger partial charge is 0.431 e. The van der Waals surface area contributed by atoms with Crippen LogP contribution in [-0.2, 0) is 5.75 Å². The maximum absolute atomic E-state index is 12.8. The van der Waals surface area contributed by atoms with Crippen LogP contribution in [0.5, 0.6) is 0 Å². The number of oxazole rings is 1. The summed E-state index contributed by atoms with van der Waals surface area (Å²) in [6.45, 7) is 1.51. The number of para-hydroxylation sites is 2. The van der Waals surface area contributed by atoms with Crippen LogP contribution in [0.2, 0.25) is 0 Å². The summed E-state index contributed by atoms with van der Waals surface area (Å²) in [5.41, 5.74) is 4.29. The molecule has 3 aromatic carbocycles. The number of amides is 1. The van der Waals surface area contributed by atoms with Gasteiger partial charge in [-0.3, -0.25) is 9.59 Å². The number of thioether (sulfide) groups is 1. The number of anilines is 1. The van der Waals surface area contributed by atoms with Gasteiger partial charge in [0.2, 0.25) is 0 Å². The van der Waals surface area contributed by atoms with Gasteiger partial charge in [0.1, 0.15) is 5.52 Å². The van der Waals surface area contributed by atoms with Crippen molar-refractivity contribution in [2.75, 3.05) is 5.32 Å². The van der Waals surface area contributed by atoms with E-state index in [4.69, 9.17) is 4.42 Å². The molecule has 1 N–H and O–H groups in total. The Labute approximate surface area is 172 Å². The number of benzene rings is 3. The van der Waals surface area contributed by atoms with E-state index in [-0.39, 0.29) is 11.7 Å². The van der Waals surface area contributed by atoms with Gasteiger partial charge in [-0.05, 0) is 55.0 Å². The monoisotopic (exact) mass is 402 g/mol. The zero-order chi connectivity index (χ0) is 20.2. The zero-order valence-corrected chi connectivity index (χ0v) is 16.5. The predicted molar refractivity (Wildman–Crippen MR) is 114 cm³/mol. The van der Waals surface area contributed by atoms with Gasteiger partial charge in [0.05, 0.1) is 0 Å². The molecular formula is C23H18N2O3S. The standard InChI is InChI=1S/C23H18N2O3S/c1-15(26)16-10-12-18(13-11-16)24-22(27)19-7-3-2-6-17(19)14-29-23-25-20-8-4-5-9-21(20)28-23/h2-13H,14H2,1H3,(H,24,27). The second-order valence-electron chi connectivity index (χ2n) is 6.48. The number of Topliss-reactive ketones (excluding diaryl/α,β-unsaturated/α-hetero) is 1. The Hall–Kier alpha value is -3.38. The van der Waals surface area contributed by atoms with Crippen LogP contribution in [0.1, 0.15) is 33.2 Å². The van der Waals surface area contributed by atoms with Crippen molar-refractivity contribution in [2.24, 2.45) is 0 Å². The number of fused-ring (bicyclic) bond motifs is 1. The van der Waals surface area contributed by atoms with Crippen LogP contribution in [0.4, 0.5) is 5.69 Å². The smallest absolute Gasteiger partial charge is 0.257 e. The fraction of sp³-hybridized carbons (Fsp3) is 0.0870. The molecule has 0 bridgehead atoms. The van der Waals surface area contributed by atoms with Gasteiger partial charge in [-0.2, -0.15) is 0 Å². The third-order valence-corrected chi connectivity index (χ3v) is 5.31. The normalized spacial score (nSPS) is 10.8. The first-order valence-electron chi connectivity index (χ1n) is 9.09. The Balaban J connectivity index is 1.48. The number of nitrogens with one attached hydrogen (secondary N) is 1. The number of hydrogen-bond donors (Lipinski definition) is 1. The number of nitrogens with zero attached hydrogens (tertiary/aromatic N) is 1. The van der Waals surface area contributed by atoms with Gasteiger partial charge < -0.3 is 9.73 Å². The molecule has 144 valence electrons. The predicted octanol–water partition coefficient (Wildman–Crippen LogP) is 5.58. The lowest BCUT2D eigenvalue weighted by Gasteiger charge is -2.10. The lowest BCUT2D eigenvalue weighted by Crippen LogP contribution is -2.14. The molecule has 0 aliphatic heterocycles. The Kier molecular flexibility index (Phi) is 5.44. The maximum Gasteiger partial charge on any atom is 0.257 e. The summed E-state index contributed by atoms with van der Waals surface area (Å²) in [4.78, 5) is 28.6. The lowest BCUT2D eigenvalue weighted by atomic mass is 10.1. The molecule has 0 unspecified atom stereocenters. The van der Waals surface area contributed by atoms with Crippen LogP contribution in [0.3, 0.4) is 0 Å². The number of ketones is 1.